The summed E-state index contributed by atoms with van der Waals surface area (Å²) in [6.45, 7) is 2.80. The minimum Gasteiger partial charge on any atom is -0.376 e. The third-order valence-corrected chi connectivity index (χ3v) is 11.1. The minimum absolute atomic E-state index is 0.0198. The van der Waals surface area contributed by atoms with Gasteiger partial charge in [-0.2, -0.15) is 0 Å². The molecule has 2 atom stereocenters. The number of halogens is 1. The number of likely N-dealkylation sites (tertiary alicyclic amines) is 2. The van der Waals surface area contributed by atoms with Crippen molar-refractivity contribution in [2.75, 3.05) is 56.5 Å². The molecular formula is C41H41FN10O5. The Labute approximate surface area is 327 Å². The Bertz CT molecular complexity index is 2320. The Hall–Kier alpha value is -6.71. The lowest BCUT2D eigenvalue weighted by Crippen LogP contribution is -2.54. The number of carbonyl (C=O) groups is 5. The maximum Gasteiger partial charge on any atom is 0.262 e. The molecule has 292 valence electrons. The molecule has 57 heavy (non-hydrogen) atoms. The molecule has 4 aromatic rings. The number of piperidine rings is 1. The summed E-state index contributed by atoms with van der Waals surface area (Å²) in [7, 11) is 1.35. The number of hydrogen-bond donors (Lipinski definition) is 3. The fourth-order valence-corrected chi connectivity index (χ4v) is 7.93. The molecule has 0 saturated carbocycles. The number of nitrogens with one attached hydrogen (secondary N) is 3. The number of nitrogens with zero attached hydrogens (tertiary/aromatic N) is 7. The highest BCUT2D eigenvalue weighted by Crippen LogP contribution is 2.33. The van der Waals surface area contributed by atoms with E-state index in [1.807, 2.05) is 29.2 Å². The van der Waals surface area contributed by atoms with Gasteiger partial charge in [-0.05, 0) is 79.4 Å². The number of aromatic nitrogens is 3. The van der Waals surface area contributed by atoms with Gasteiger partial charge in [0.15, 0.2) is 0 Å². The smallest absolute Gasteiger partial charge is 0.262 e. The summed E-state index contributed by atoms with van der Waals surface area (Å²) in [5.74, 6) is -0.834. The fourth-order valence-electron chi connectivity index (χ4n) is 7.93. The molecule has 0 aliphatic carbocycles. The number of rotatable bonds is 9. The van der Waals surface area contributed by atoms with E-state index in [0.717, 1.165) is 46.3 Å². The molecule has 16 heteroatoms. The number of likely N-dealkylation sites (N-methyl/N-ethyl adjacent to an activating group) is 1. The van der Waals surface area contributed by atoms with Gasteiger partial charge in [0.1, 0.15) is 29.3 Å². The summed E-state index contributed by atoms with van der Waals surface area (Å²) in [6, 6.07) is 15.9. The zero-order valence-electron chi connectivity index (χ0n) is 31.3. The molecule has 2 aromatic heterocycles. The van der Waals surface area contributed by atoms with Crippen LogP contribution in [0.25, 0.3) is 17.5 Å². The van der Waals surface area contributed by atoms with Crippen LogP contribution in [0, 0.1) is 11.2 Å². The Kier molecular flexibility index (Phi) is 10.1. The number of H-pyrrole nitrogens is 1. The predicted molar refractivity (Wildman–Crippen MR) is 209 cm³/mol. The SMILES string of the molecule is CN1C(=O)CCC(N2C(=O)c3ccc(NCC(=O)N4CCN(c5cccc(-c6cnc(/C=C\C(=N)N7CCC[C@@H]7c7cccc(F)c7)[nH]6)n5)CC4)cc3C2=O)C1=O. The van der Waals surface area contributed by atoms with Crippen LogP contribution in [-0.2, 0) is 14.4 Å². The lowest BCUT2D eigenvalue weighted by atomic mass is 10.0. The number of benzene rings is 2. The monoisotopic (exact) mass is 772 g/mol. The van der Waals surface area contributed by atoms with Crippen LogP contribution < -0.4 is 10.2 Å². The second-order valence-corrected chi connectivity index (χ2v) is 14.5. The van der Waals surface area contributed by atoms with Gasteiger partial charge in [-0.15, -0.1) is 0 Å². The highest BCUT2D eigenvalue weighted by molar-refractivity contribution is 6.23. The summed E-state index contributed by atoms with van der Waals surface area (Å²) in [4.78, 5) is 84.6. The normalized spacial score (nSPS) is 19.9. The number of aromatic amines is 1. The Morgan fingerprint density at radius 3 is 2.54 bits per heavy atom. The molecule has 3 N–H and O–H groups in total. The first kappa shape index (κ1) is 37.2. The van der Waals surface area contributed by atoms with Gasteiger partial charge >= 0.3 is 0 Å². The van der Waals surface area contributed by atoms with Crippen molar-refractivity contribution in [1.82, 2.24) is 34.6 Å². The fraction of sp³-hybridized carbons (Fsp3) is 0.317. The topological polar surface area (TPSA) is 179 Å². The van der Waals surface area contributed by atoms with Crippen LogP contribution in [0.5, 0.6) is 0 Å². The van der Waals surface area contributed by atoms with Gasteiger partial charge in [-0.1, -0.05) is 18.2 Å². The molecule has 0 radical (unpaired) electrons. The van der Waals surface area contributed by atoms with Crippen LogP contribution in [0.2, 0.25) is 0 Å². The second kappa shape index (κ2) is 15.4. The average molecular weight is 773 g/mol. The minimum atomic E-state index is -1.03. The molecule has 8 rings (SSSR count). The van der Waals surface area contributed by atoms with Crippen LogP contribution in [0.1, 0.15) is 63.8 Å². The molecule has 5 amide bonds. The van der Waals surface area contributed by atoms with E-state index in [9.17, 15) is 28.4 Å². The van der Waals surface area contributed by atoms with Crippen molar-refractivity contribution in [2.24, 2.45) is 0 Å². The third kappa shape index (κ3) is 7.37. The molecular weight excluding hydrogens is 732 g/mol. The molecule has 3 saturated heterocycles. The van der Waals surface area contributed by atoms with Crippen LogP contribution in [-0.4, -0.2) is 122 Å². The molecule has 1 unspecified atom stereocenters. The quantitative estimate of drug-likeness (QED) is 0.128. The number of hydrogen-bond acceptors (Lipinski definition) is 10. The summed E-state index contributed by atoms with van der Waals surface area (Å²) in [5, 5.41) is 11.8. The molecule has 0 bridgehead atoms. The number of anilines is 2. The van der Waals surface area contributed by atoms with Crippen molar-refractivity contribution in [2.45, 2.75) is 37.8 Å². The number of piperazine rings is 1. The maximum atomic E-state index is 13.9. The van der Waals surface area contributed by atoms with E-state index in [1.165, 1.54) is 31.3 Å². The molecule has 0 spiro atoms. The van der Waals surface area contributed by atoms with E-state index < -0.39 is 23.8 Å². The number of imide groups is 2. The first-order valence-electron chi connectivity index (χ1n) is 19.0. The van der Waals surface area contributed by atoms with Gasteiger partial charge in [0.25, 0.3) is 17.7 Å². The van der Waals surface area contributed by atoms with Crippen LogP contribution in [0.3, 0.4) is 0 Å². The number of carbonyl (C=O) groups excluding carboxylic acids is 5. The number of amidine groups is 1. The summed E-state index contributed by atoms with van der Waals surface area (Å²) in [5.41, 5.74) is 3.10. The molecule has 6 heterocycles. The Balaban J connectivity index is 0.834. The van der Waals surface area contributed by atoms with Gasteiger partial charge in [-0.25, -0.2) is 14.4 Å². The van der Waals surface area contributed by atoms with Crippen LogP contribution in [0.4, 0.5) is 15.9 Å². The van der Waals surface area contributed by atoms with Gasteiger partial charge in [0.2, 0.25) is 11.8 Å². The highest BCUT2D eigenvalue weighted by Gasteiger charge is 2.46. The van der Waals surface area contributed by atoms with E-state index in [1.54, 1.807) is 35.4 Å². The third-order valence-electron chi connectivity index (χ3n) is 11.1. The number of pyridine rings is 1. The van der Waals surface area contributed by atoms with E-state index >= 15 is 0 Å². The van der Waals surface area contributed by atoms with Crippen molar-refractivity contribution in [1.29, 1.82) is 5.41 Å². The van der Waals surface area contributed by atoms with E-state index in [-0.39, 0.29) is 54.2 Å². The Morgan fingerprint density at radius 2 is 1.74 bits per heavy atom. The van der Waals surface area contributed by atoms with Crippen molar-refractivity contribution in [3.8, 4) is 11.4 Å². The van der Waals surface area contributed by atoms with Gasteiger partial charge < -0.3 is 25.0 Å². The van der Waals surface area contributed by atoms with Crippen molar-refractivity contribution < 1.29 is 28.4 Å². The molecule has 4 aliphatic rings. The lowest BCUT2D eigenvalue weighted by Gasteiger charge is -2.35. The summed E-state index contributed by atoms with van der Waals surface area (Å²) < 4.78 is 13.9. The largest absolute Gasteiger partial charge is 0.376 e. The van der Waals surface area contributed by atoms with Crippen molar-refractivity contribution >= 4 is 53.0 Å². The molecule has 2 aromatic carbocycles. The predicted octanol–water partition coefficient (Wildman–Crippen LogP) is 3.94. The standard InChI is InChI=1S/C41H41FN10O5/c1-48-37(53)15-12-33(41(48)57)52-39(55)28-11-10-27(22-29(28)40(52)56)44-24-38(54)50-19-17-49(18-20-50)36-9-3-7-30(47-36)31-23-45-35(46-31)14-13-34(43)51-16-4-8-32(51)25-5-2-6-26(42)21-25/h2-3,5-7,9-11,13-14,21-23,32-33,43-44H,4,8,12,15-20,24H2,1H3,(H,45,46)/b14-13-,43-34?/t32-,33?/m1/s1. The van der Waals surface area contributed by atoms with Crippen molar-refractivity contribution in [3.63, 3.8) is 0 Å². The zero-order chi connectivity index (χ0) is 39.8. The number of imidazole rings is 1. The van der Waals surface area contributed by atoms with E-state index in [2.05, 4.69) is 20.2 Å². The average Bonchev–Trinajstić information content (AvgIpc) is 3.98. The Morgan fingerprint density at radius 1 is 0.947 bits per heavy atom. The molecule has 4 aliphatic heterocycles. The summed E-state index contributed by atoms with van der Waals surface area (Å²) >= 11 is 0. The van der Waals surface area contributed by atoms with Crippen LogP contribution >= 0.6 is 0 Å². The summed E-state index contributed by atoms with van der Waals surface area (Å²) in [6.07, 6.45) is 7.09. The van der Waals surface area contributed by atoms with E-state index in [0.29, 0.717) is 49.2 Å². The maximum absolute atomic E-state index is 13.9. The number of amides is 5. The van der Waals surface area contributed by atoms with E-state index in [4.69, 9.17) is 10.4 Å². The van der Waals surface area contributed by atoms with Gasteiger partial charge in [0, 0.05) is 51.9 Å². The number of fused-ring (bicyclic) bond motifs is 1. The zero-order valence-corrected chi connectivity index (χ0v) is 31.3. The lowest BCUT2D eigenvalue weighted by molar-refractivity contribution is -0.149. The van der Waals surface area contributed by atoms with Crippen molar-refractivity contribution in [3.05, 3.63) is 101 Å². The highest BCUT2D eigenvalue weighted by atomic mass is 19.1. The van der Waals surface area contributed by atoms with Crippen LogP contribution in [0.15, 0.2) is 72.9 Å². The first-order chi connectivity index (χ1) is 27.5. The van der Waals surface area contributed by atoms with Gasteiger partial charge in [0.05, 0.1) is 41.3 Å². The second-order valence-electron chi connectivity index (χ2n) is 14.5. The first-order valence-corrected chi connectivity index (χ1v) is 19.0. The molecule has 3 fully saturated rings. The van der Waals surface area contributed by atoms with Gasteiger partial charge in [-0.3, -0.25) is 39.2 Å². The molecule has 15 nitrogen and oxygen atoms in total.